The number of ether oxygens (including phenoxy) is 1. The van der Waals surface area contributed by atoms with Crippen molar-refractivity contribution in [2.75, 3.05) is 23.7 Å². The quantitative estimate of drug-likeness (QED) is 0.225. The molecule has 1 aliphatic carbocycles. The molecule has 8 nitrogen and oxygen atoms in total. The van der Waals surface area contributed by atoms with E-state index in [1.165, 1.54) is 28.8 Å². The largest absolute Gasteiger partial charge is 0.494 e. The molecule has 0 spiro atoms. The molecule has 3 aromatic rings. The minimum Gasteiger partial charge on any atom is -0.494 e. The van der Waals surface area contributed by atoms with Crippen LogP contribution in [0.5, 0.6) is 5.75 Å². The molecule has 1 atom stereocenters. The normalized spacial score (nSPS) is 14.2. The standard InChI is InChI=1S/C32H38ClN3O5S2/c1-4-41-27-15-13-26(14-16-27)36(43(39,40)29-19-17-28(42-3)18-20-29)22-31(37)35(21-24-9-5-8-12-30(24)33)23(2)32(38)34-25-10-6-7-11-25/h5,8-9,12-20,23,25H,4,6-7,10-11,21-22H2,1-3H3,(H,34,38)/t23-/m1/s1. The van der Waals surface area contributed by atoms with Gasteiger partial charge in [0.15, 0.2) is 0 Å². The molecular weight excluding hydrogens is 606 g/mol. The van der Waals surface area contributed by atoms with Crippen LogP contribution in [-0.2, 0) is 26.2 Å². The Kier molecular flexibility index (Phi) is 11.4. The van der Waals surface area contributed by atoms with Crippen LogP contribution in [0.3, 0.4) is 0 Å². The van der Waals surface area contributed by atoms with E-state index in [0.717, 1.165) is 34.9 Å². The van der Waals surface area contributed by atoms with Crippen LogP contribution in [0.2, 0.25) is 5.02 Å². The van der Waals surface area contributed by atoms with Crippen molar-refractivity contribution in [1.82, 2.24) is 10.2 Å². The van der Waals surface area contributed by atoms with Gasteiger partial charge in [0.05, 0.1) is 17.2 Å². The van der Waals surface area contributed by atoms with Gasteiger partial charge in [-0.15, -0.1) is 11.8 Å². The molecule has 0 radical (unpaired) electrons. The first-order valence-electron chi connectivity index (χ1n) is 14.4. The molecule has 0 aliphatic heterocycles. The molecule has 0 bridgehead atoms. The molecule has 1 N–H and O–H groups in total. The van der Waals surface area contributed by atoms with Crippen LogP contribution < -0.4 is 14.4 Å². The zero-order chi connectivity index (χ0) is 31.0. The van der Waals surface area contributed by atoms with E-state index < -0.39 is 28.5 Å². The van der Waals surface area contributed by atoms with Gasteiger partial charge in [-0.25, -0.2) is 8.42 Å². The summed E-state index contributed by atoms with van der Waals surface area (Å²) in [6.07, 6.45) is 5.81. The Morgan fingerprint density at radius 2 is 1.67 bits per heavy atom. The van der Waals surface area contributed by atoms with Crippen molar-refractivity contribution in [3.8, 4) is 5.75 Å². The fourth-order valence-corrected chi connectivity index (χ4v) is 7.08. The maximum Gasteiger partial charge on any atom is 0.264 e. The van der Waals surface area contributed by atoms with E-state index in [1.54, 1.807) is 61.5 Å². The third-order valence-corrected chi connectivity index (χ3v) is 10.4. The molecule has 0 saturated heterocycles. The molecular formula is C32H38ClN3O5S2. The summed E-state index contributed by atoms with van der Waals surface area (Å²) in [7, 11) is -4.17. The van der Waals surface area contributed by atoms with Gasteiger partial charge in [0.1, 0.15) is 18.3 Å². The smallest absolute Gasteiger partial charge is 0.264 e. The number of thioether (sulfide) groups is 1. The van der Waals surface area contributed by atoms with Crippen molar-refractivity contribution in [3.63, 3.8) is 0 Å². The first kappa shape index (κ1) is 32.7. The second-order valence-corrected chi connectivity index (χ2v) is 13.5. The van der Waals surface area contributed by atoms with Gasteiger partial charge in [-0.05, 0) is 93.1 Å². The van der Waals surface area contributed by atoms with Gasteiger partial charge in [-0.2, -0.15) is 0 Å². The highest BCUT2D eigenvalue weighted by molar-refractivity contribution is 7.98. The van der Waals surface area contributed by atoms with Crippen LogP contribution in [0.4, 0.5) is 5.69 Å². The molecule has 230 valence electrons. The van der Waals surface area contributed by atoms with Crippen molar-refractivity contribution < 1.29 is 22.7 Å². The van der Waals surface area contributed by atoms with Crippen LogP contribution in [0, 0.1) is 0 Å². The lowest BCUT2D eigenvalue weighted by Gasteiger charge is -2.32. The summed E-state index contributed by atoms with van der Waals surface area (Å²) >= 11 is 7.96. The SMILES string of the molecule is CCOc1ccc(N(CC(=O)N(Cc2ccccc2Cl)[C@H](C)C(=O)NC2CCCC2)S(=O)(=O)c2ccc(SC)cc2)cc1. The molecule has 1 fully saturated rings. The maximum atomic E-state index is 14.1. The molecule has 0 aromatic heterocycles. The van der Waals surface area contributed by atoms with Gasteiger partial charge in [0, 0.05) is 22.5 Å². The zero-order valence-corrected chi connectivity index (χ0v) is 27.1. The summed E-state index contributed by atoms with van der Waals surface area (Å²) in [6.45, 7) is 3.50. The minimum atomic E-state index is -4.17. The van der Waals surface area contributed by atoms with Crippen molar-refractivity contribution in [2.45, 2.75) is 68.0 Å². The number of benzene rings is 3. The number of anilines is 1. The number of hydrogen-bond donors (Lipinski definition) is 1. The summed E-state index contributed by atoms with van der Waals surface area (Å²) in [4.78, 5) is 29.9. The van der Waals surface area contributed by atoms with E-state index in [-0.39, 0.29) is 23.4 Å². The Hall–Kier alpha value is -3.21. The average Bonchev–Trinajstić information content (AvgIpc) is 3.52. The number of carbonyl (C=O) groups excluding carboxylic acids is 2. The summed E-state index contributed by atoms with van der Waals surface area (Å²) < 4.78 is 34.8. The summed E-state index contributed by atoms with van der Waals surface area (Å²) in [5.41, 5.74) is 0.952. The number of amides is 2. The number of rotatable bonds is 13. The number of carbonyl (C=O) groups is 2. The number of halogens is 1. The summed E-state index contributed by atoms with van der Waals surface area (Å²) in [5, 5.41) is 3.52. The molecule has 1 saturated carbocycles. The molecule has 2 amide bonds. The van der Waals surface area contributed by atoms with Gasteiger partial charge >= 0.3 is 0 Å². The molecule has 43 heavy (non-hydrogen) atoms. The van der Waals surface area contributed by atoms with Crippen molar-refractivity contribution in [3.05, 3.63) is 83.4 Å². The second kappa shape index (κ2) is 15.0. The van der Waals surface area contributed by atoms with E-state index >= 15 is 0 Å². The zero-order valence-electron chi connectivity index (χ0n) is 24.7. The van der Waals surface area contributed by atoms with Gasteiger partial charge < -0.3 is 15.0 Å². The highest BCUT2D eigenvalue weighted by Gasteiger charge is 2.33. The van der Waals surface area contributed by atoms with Crippen LogP contribution in [0.15, 0.2) is 82.6 Å². The molecule has 11 heteroatoms. The number of nitrogens with zero attached hydrogens (tertiary/aromatic N) is 2. The van der Waals surface area contributed by atoms with Crippen LogP contribution in [-0.4, -0.2) is 56.6 Å². The van der Waals surface area contributed by atoms with Gasteiger partial charge in [-0.3, -0.25) is 13.9 Å². The number of nitrogens with one attached hydrogen (secondary N) is 1. The predicted octanol–water partition coefficient (Wildman–Crippen LogP) is 6.13. The topological polar surface area (TPSA) is 96.0 Å². The summed E-state index contributed by atoms with van der Waals surface area (Å²) in [6, 6.07) is 19.4. The molecule has 4 rings (SSSR count). The van der Waals surface area contributed by atoms with Crippen molar-refractivity contribution in [1.29, 1.82) is 0 Å². The van der Waals surface area contributed by atoms with Gasteiger partial charge in [0.25, 0.3) is 10.0 Å². The van der Waals surface area contributed by atoms with E-state index in [1.807, 2.05) is 19.2 Å². The van der Waals surface area contributed by atoms with Crippen molar-refractivity contribution >= 4 is 50.9 Å². The van der Waals surface area contributed by atoms with Crippen molar-refractivity contribution in [2.24, 2.45) is 0 Å². The fraction of sp³-hybridized carbons (Fsp3) is 0.375. The molecule has 3 aromatic carbocycles. The van der Waals surface area contributed by atoms with E-state index in [0.29, 0.717) is 28.6 Å². The number of sulfonamides is 1. The lowest BCUT2D eigenvalue weighted by molar-refractivity contribution is -0.139. The average molecular weight is 644 g/mol. The molecule has 0 heterocycles. The van der Waals surface area contributed by atoms with E-state index in [2.05, 4.69) is 5.32 Å². The van der Waals surface area contributed by atoms with Crippen LogP contribution in [0.25, 0.3) is 0 Å². The minimum absolute atomic E-state index is 0.0390. The Bertz CT molecular complexity index is 1490. The monoisotopic (exact) mass is 643 g/mol. The van der Waals surface area contributed by atoms with E-state index in [4.69, 9.17) is 16.3 Å². The highest BCUT2D eigenvalue weighted by Crippen LogP contribution is 2.28. The first-order chi connectivity index (χ1) is 20.6. The van der Waals surface area contributed by atoms with Gasteiger partial charge in [-0.1, -0.05) is 42.6 Å². The van der Waals surface area contributed by atoms with Crippen LogP contribution >= 0.6 is 23.4 Å². The maximum absolute atomic E-state index is 14.1. The molecule has 0 unspecified atom stereocenters. The van der Waals surface area contributed by atoms with E-state index in [9.17, 15) is 18.0 Å². The Balaban J connectivity index is 1.70. The van der Waals surface area contributed by atoms with Crippen LogP contribution in [0.1, 0.15) is 45.1 Å². The Morgan fingerprint density at radius 1 is 1.02 bits per heavy atom. The number of hydrogen-bond acceptors (Lipinski definition) is 6. The summed E-state index contributed by atoms with van der Waals surface area (Å²) in [5.74, 6) is -0.237. The highest BCUT2D eigenvalue weighted by atomic mass is 35.5. The Labute approximate surface area is 263 Å². The second-order valence-electron chi connectivity index (χ2n) is 10.4. The lowest BCUT2D eigenvalue weighted by atomic mass is 10.1. The fourth-order valence-electron chi connectivity index (χ4n) is 5.06. The third-order valence-electron chi connectivity index (χ3n) is 7.53. The molecule has 1 aliphatic rings. The lowest BCUT2D eigenvalue weighted by Crippen LogP contribution is -2.52. The third kappa shape index (κ3) is 8.25. The first-order valence-corrected chi connectivity index (χ1v) is 17.4. The van der Waals surface area contributed by atoms with Gasteiger partial charge in [0.2, 0.25) is 11.8 Å². The Morgan fingerprint density at radius 3 is 2.28 bits per heavy atom. The predicted molar refractivity (Wildman–Crippen MR) is 172 cm³/mol.